The largest absolute Gasteiger partial charge is 0.462 e. The molecule has 4 heteroatoms. The zero-order valence-electron chi connectivity index (χ0n) is 12.5. The van der Waals surface area contributed by atoms with Crippen LogP contribution in [0.15, 0.2) is 42.7 Å². The molecule has 0 aliphatic heterocycles. The molecule has 0 aliphatic rings. The molecule has 2 rings (SSSR count). The molecule has 0 radical (unpaired) electrons. The summed E-state index contributed by atoms with van der Waals surface area (Å²) in [5, 5.41) is 0. The smallest absolute Gasteiger partial charge is 0.201 e. The summed E-state index contributed by atoms with van der Waals surface area (Å²) in [5.74, 6) is -3.05. The van der Waals surface area contributed by atoms with Gasteiger partial charge in [0.15, 0.2) is 11.6 Å². The molecule has 2 aromatic rings. The number of allylic oxidation sites excluding steroid dienone is 1. The van der Waals surface area contributed by atoms with E-state index in [9.17, 15) is 13.2 Å². The third-order valence-electron chi connectivity index (χ3n) is 3.24. The van der Waals surface area contributed by atoms with Crippen molar-refractivity contribution in [1.82, 2.24) is 0 Å². The Hall–Kier alpha value is -2.23. The standard InChI is InChI=1S/C18H17F3O/c1-3-5-12-6-7-13(15(19)11-12)14-8-9-16(22-10-4-2)18(21)17(14)20/h4,6-11H,3,5H2,1-2H3/b10-4+. The molecule has 0 N–H and O–H groups in total. The van der Waals surface area contributed by atoms with Gasteiger partial charge < -0.3 is 4.74 Å². The molecule has 1 nitrogen and oxygen atoms in total. The summed E-state index contributed by atoms with van der Waals surface area (Å²) in [7, 11) is 0. The summed E-state index contributed by atoms with van der Waals surface area (Å²) in [6.45, 7) is 3.68. The Labute approximate surface area is 128 Å². The first-order valence-corrected chi connectivity index (χ1v) is 7.13. The summed E-state index contributed by atoms with van der Waals surface area (Å²) in [6.07, 6.45) is 4.43. The van der Waals surface area contributed by atoms with Gasteiger partial charge in [-0.15, -0.1) is 0 Å². The maximum absolute atomic E-state index is 14.2. The third-order valence-corrected chi connectivity index (χ3v) is 3.24. The lowest BCUT2D eigenvalue weighted by Crippen LogP contribution is -1.97. The van der Waals surface area contributed by atoms with Crippen molar-refractivity contribution in [2.45, 2.75) is 26.7 Å². The molecule has 0 saturated heterocycles. The zero-order chi connectivity index (χ0) is 16.1. The Morgan fingerprint density at radius 1 is 1.00 bits per heavy atom. The molecule has 0 atom stereocenters. The molecule has 0 aliphatic carbocycles. The lowest BCUT2D eigenvalue weighted by atomic mass is 10.0. The number of rotatable bonds is 5. The van der Waals surface area contributed by atoms with E-state index in [4.69, 9.17) is 4.74 Å². The van der Waals surface area contributed by atoms with Gasteiger partial charge in [0, 0.05) is 11.1 Å². The lowest BCUT2D eigenvalue weighted by Gasteiger charge is -2.10. The third kappa shape index (κ3) is 3.32. The Morgan fingerprint density at radius 2 is 1.73 bits per heavy atom. The van der Waals surface area contributed by atoms with Crippen molar-refractivity contribution >= 4 is 0 Å². The molecule has 2 aromatic carbocycles. The lowest BCUT2D eigenvalue weighted by molar-refractivity contribution is 0.415. The predicted octanol–water partition coefficient (Wildman–Crippen LogP) is 5.64. The summed E-state index contributed by atoms with van der Waals surface area (Å²) in [6, 6.07) is 7.16. The predicted molar refractivity (Wildman–Crippen MR) is 81.2 cm³/mol. The van der Waals surface area contributed by atoms with E-state index in [2.05, 4.69) is 0 Å². The van der Waals surface area contributed by atoms with Crippen molar-refractivity contribution in [3.63, 3.8) is 0 Å². The van der Waals surface area contributed by atoms with Gasteiger partial charge in [-0.2, -0.15) is 4.39 Å². The highest BCUT2D eigenvalue weighted by molar-refractivity contribution is 5.66. The van der Waals surface area contributed by atoms with Crippen LogP contribution in [0, 0.1) is 17.5 Å². The van der Waals surface area contributed by atoms with Crippen LogP contribution in [0.1, 0.15) is 25.8 Å². The Kier molecular flexibility index (Phi) is 5.26. The first-order valence-electron chi connectivity index (χ1n) is 7.13. The van der Waals surface area contributed by atoms with Crippen LogP contribution >= 0.6 is 0 Å². The van der Waals surface area contributed by atoms with E-state index in [1.54, 1.807) is 19.1 Å². The maximum Gasteiger partial charge on any atom is 0.201 e. The fourth-order valence-electron chi connectivity index (χ4n) is 2.19. The molecule has 116 valence electrons. The minimum Gasteiger partial charge on any atom is -0.462 e. The monoisotopic (exact) mass is 306 g/mol. The van der Waals surface area contributed by atoms with Gasteiger partial charge in [0.05, 0.1) is 6.26 Å². The Balaban J connectivity index is 2.43. The minimum atomic E-state index is -1.13. The van der Waals surface area contributed by atoms with E-state index in [1.165, 1.54) is 30.5 Å². The molecule has 0 aromatic heterocycles. The van der Waals surface area contributed by atoms with Crippen molar-refractivity contribution in [3.05, 3.63) is 65.7 Å². The highest BCUT2D eigenvalue weighted by Gasteiger charge is 2.18. The summed E-state index contributed by atoms with van der Waals surface area (Å²) in [5.41, 5.74) is 0.748. The number of halogens is 3. The molecule has 0 amide bonds. The Bertz CT molecular complexity index is 693. The Morgan fingerprint density at radius 3 is 2.36 bits per heavy atom. The highest BCUT2D eigenvalue weighted by atomic mass is 19.2. The van der Waals surface area contributed by atoms with Crippen LogP contribution in [0.2, 0.25) is 0 Å². The van der Waals surface area contributed by atoms with Crippen LogP contribution in [0.5, 0.6) is 5.75 Å². The quantitative estimate of drug-likeness (QED) is 0.650. The SMILES string of the molecule is C/C=C/Oc1ccc(-c2ccc(CCC)cc2F)c(F)c1F. The second-order valence-electron chi connectivity index (χ2n) is 4.89. The van der Waals surface area contributed by atoms with Gasteiger partial charge in [-0.25, -0.2) is 8.78 Å². The summed E-state index contributed by atoms with van der Waals surface area (Å²) >= 11 is 0. The van der Waals surface area contributed by atoms with Crippen molar-refractivity contribution in [2.24, 2.45) is 0 Å². The van der Waals surface area contributed by atoms with Crippen LogP contribution in [0.25, 0.3) is 11.1 Å². The van der Waals surface area contributed by atoms with E-state index in [0.717, 1.165) is 18.4 Å². The molecule has 0 unspecified atom stereocenters. The topological polar surface area (TPSA) is 9.23 Å². The van der Waals surface area contributed by atoms with Gasteiger partial charge in [-0.1, -0.05) is 31.6 Å². The molecule has 0 fully saturated rings. The number of hydrogen-bond donors (Lipinski definition) is 0. The van der Waals surface area contributed by atoms with Gasteiger partial charge in [-0.05, 0) is 37.1 Å². The van der Waals surface area contributed by atoms with E-state index in [1.807, 2.05) is 6.92 Å². The van der Waals surface area contributed by atoms with E-state index in [0.29, 0.717) is 0 Å². The number of aryl methyl sites for hydroxylation is 1. The zero-order valence-corrected chi connectivity index (χ0v) is 12.5. The van der Waals surface area contributed by atoms with Gasteiger partial charge in [0.25, 0.3) is 0 Å². The van der Waals surface area contributed by atoms with Crippen molar-refractivity contribution < 1.29 is 17.9 Å². The van der Waals surface area contributed by atoms with E-state index >= 15 is 0 Å². The van der Waals surface area contributed by atoms with Gasteiger partial charge in [0.1, 0.15) is 5.82 Å². The van der Waals surface area contributed by atoms with Crippen LogP contribution in [-0.2, 0) is 6.42 Å². The summed E-state index contributed by atoms with van der Waals surface area (Å²) in [4.78, 5) is 0. The van der Waals surface area contributed by atoms with Crippen LogP contribution < -0.4 is 4.74 Å². The molecule has 0 heterocycles. The molecular weight excluding hydrogens is 289 g/mol. The highest BCUT2D eigenvalue weighted by Crippen LogP contribution is 2.32. The van der Waals surface area contributed by atoms with E-state index < -0.39 is 17.5 Å². The van der Waals surface area contributed by atoms with Gasteiger partial charge in [-0.3, -0.25) is 0 Å². The maximum atomic E-state index is 14.2. The fourth-order valence-corrected chi connectivity index (χ4v) is 2.19. The van der Waals surface area contributed by atoms with Crippen molar-refractivity contribution in [1.29, 1.82) is 0 Å². The molecule has 0 bridgehead atoms. The van der Waals surface area contributed by atoms with Crippen LogP contribution in [0.3, 0.4) is 0 Å². The average Bonchev–Trinajstić information content (AvgIpc) is 2.50. The van der Waals surface area contributed by atoms with Gasteiger partial charge in [0.2, 0.25) is 5.82 Å². The van der Waals surface area contributed by atoms with E-state index in [-0.39, 0.29) is 16.9 Å². The molecule has 22 heavy (non-hydrogen) atoms. The number of benzene rings is 2. The van der Waals surface area contributed by atoms with Gasteiger partial charge >= 0.3 is 0 Å². The first kappa shape index (κ1) is 16.1. The van der Waals surface area contributed by atoms with Crippen molar-refractivity contribution in [3.8, 4) is 16.9 Å². The molecular formula is C18H17F3O. The first-order chi connectivity index (χ1) is 10.6. The average molecular weight is 306 g/mol. The molecule has 0 saturated carbocycles. The van der Waals surface area contributed by atoms with Crippen molar-refractivity contribution in [2.75, 3.05) is 0 Å². The number of ether oxygens (including phenoxy) is 1. The normalized spacial score (nSPS) is 11.1. The summed E-state index contributed by atoms with van der Waals surface area (Å²) < 4.78 is 47.2. The minimum absolute atomic E-state index is 0.0360. The van der Waals surface area contributed by atoms with Crippen LogP contribution in [0.4, 0.5) is 13.2 Å². The second kappa shape index (κ2) is 7.16. The van der Waals surface area contributed by atoms with Crippen LogP contribution in [-0.4, -0.2) is 0 Å². The molecule has 0 spiro atoms. The second-order valence-corrected chi connectivity index (χ2v) is 4.89. The number of hydrogen-bond acceptors (Lipinski definition) is 1. The fraction of sp³-hybridized carbons (Fsp3) is 0.222.